The predicted octanol–water partition coefficient (Wildman–Crippen LogP) is 1.55. The molecule has 0 atom stereocenters. The van der Waals surface area contributed by atoms with Crippen LogP contribution in [-0.2, 0) is 18.2 Å². The van der Waals surface area contributed by atoms with Crippen molar-refractivity contribution >= 4 is 5.96 Å². The summed E-state index contributed by atoms with van der Waals surface area (Å²) in [7, 11) is 3.82. The van der Waals surface area contributed by atoms with Crippen molar-refractivity contribution < 1.29 is 4.74 Å². The summed E-state index contributed by atoms with van der Waals surface area (Å²) in [5.74, 6) is 0.916. The van der Waals surface area contributed by atoms with Crippen LogP contribution in [0.1, 0.15) is 44.1 Å². The fraction of sp³-hybridized carbons (Fsp3) is 0.800. The normalized spacial score (nSPS) is 21.2. The number of guanidine groups is 1. The van der Waals surface area contributed by atoms with Gasteiger partial charge in [0.25, 0.3) is 0 Å². The second kappa shape index (κ2) is 10.1. The number of aryl methyl sites for hydroxylation is 2. The van der Waals surface area contributed by atoms with Crippen molar-refractivity contribution in [1.82, 2.24) is 25.3 Å². The van der Waals surface area contributed by atoms with Gasteiger partial charge in [0.05, 0.1) is 19.4 Å². The van der Waals surface area contributed by atoms with Gasteiger partial charge in [-0.3, -0.25) is 14.6 Å². The summed E-state index contributed by atoms with van der Waals surface area (Å²) in [6.45, 7) is 5.72. The average molecular weight is 377 g/mol. The molecule has 2 fully saturated rings. The maximum atomic E-state index is 5.58. The highest BCUT2D eigenvalue weighted by molar-refractivity contribution is 5.79. The maximum absolute atomic E-state index is 5.58. The van der Waals surface area contributed by atoms with E-state index >= 15 is 0 Å². The van der Waals surface area contributed by atoms with Crippen molar-refractivity contribution in [2.45, 2.75) is 50.5 Å². The Morgan fingerprint density at radius 1 is 1.22 bits per heavy atom. The quantitative estimate of drug-likeness (QED) is 0.429. The molecule has 0 aromatic carbocycles. The third-order valence-electron chi connectivity index (χ3n) is 5.97. The molecular weight excluding hydrogens is 340 g/mol. The summed E-state index contributed by atoms with van der Waals surface area (Å²) >= 11 is 0. The van der Waals surface area contributed by atoms with Crippen LogP contribution in [0, 0.1) is 0 Å². The van der Waals surface area contributed by atoms with Gasteiger partial charge in [-0.2, -0.15) is 5.10 Å². The molecule has 0 amide bonds. The number of ether oxygens (including phenoxy) is 1. The molecule has 27 heavy (non-hydrogen) atoms. The lowest BCUT2D eigenvalue weighted by Crippen LogP contribution is -2.60. The molecule has 2 N–H and O–H groups in total. The molecular formula is C20H36N6O. The average Bonchev–Trinajstić information content (AvgIpc) is 3.14. The van der Waals surface area contributed by atoms with Crippen LogP contribution in [0.15, 0.2) is 17.4 Å². The Balaban J connectivity index is 1.46. The zero-order chi connectivity index (χ0) is 19.0. The number of nitrogens with zero attached hydrogens (tertiary/aromatic N) is 4. The molecule has 1 aliphatic carbocycles. The molecule has 2 aliphatic rings. The zero-order valence-electron chi connectivity index (χ0n) is 17.0. The first kappa shape index (κ1) is 20.1. The first-order valence-electron chi connectivity index (χ1n) is 10.5. The van der Waals surface area contributed by atoms with E-state index in [9.17, 15) is 0 Å². The molecule has 1 aromatic rings. The minimum atomic E-state index is 0.259. The molecule has 0 radical (unpaired) electrons. The van der Waals surface area contributed by atoms with Crippen LogP contribution in [-0.4, -0.2) is 72.6 Å². The molecule has 1 saturated heterocycles. The summed E-state index contributed by atoms with van der Waals surface area (Å²) in [5.41, 5.74) is 1.55. The Labute approximate surface area is 163 Å². The van der Waals surface area contributed by atoms with E-state index in [4.69, 9.17) is 4.74 Å². The number of hydrogen-bond donors (Lipinski definition) is 2. The van der Waals surface area contributed by atoms with Crippen LogP contribution in [0.4, 0.5) is 0 Å². The molecule has 7 nitrogen and oxygen atoms in total. The largest absolute Gasteiger partial charge is 0.379 e. The molecule has 2 heterocycles. The molecule has 152 valence electrons. The second-order valence-electron chi connectivity index (χ2n) is 7.86. The minimum Gasteiger partial charge on any atom is -0.379 e. The molecule has 3 rings (SSSR count). The van der Waals surface area contributed by atoms with Crippen molar-refractivity contribution in [3.63, 3.8) is 0 Å². The van der Waals surface area contributed by atoms with Crippen LogP contribution >= 0.6 is 0 Å². The molecule has 7 heteroatoms. The van der Waals surface area contributed by atoms with Gasteiger partial charge in [-0.25, -0.2) is 0 Å². The Hall–Kier alpha value is -1.60. The predicted molar refractivity (Wildman–Crippen MR) is 109 cm³/mol. The van der Waals surface area contributed by atoms with Crippen molar-refractivity contribution in [3.8, 4) is 0 Å². The van der Waals surface area contributed by atoms with Crippen LogP contribution in [0.2, 0.25) is 0 Å². The summed E-state index contributed by atoms with van der Waals surface area (Å²) in [5, 5.41) is 11.3. The van der Waals surface area contributed by atoms with Crippen molar-refractivity contribution in [3.05, 3.63) is 18.0 Å². The van der Waals surface area contributed by atoms with Crippen molar-refractivity contribution in [2.75, 3.05) is 46.4 Å². The summed E-state index contributed by atoms with van der Waals surface area (Å²) < 4.78 is 7.44. The van der Waals surface area contributed by atoms with Gasteiger partial charge >= 0.3 is 0 Å². The van der Waals surface area contributed by atoms with Gasteiger partial charge in [0.15, 0.2) is 5.96 Å². The second-order valence-corrected chi connectivity index (χ2v) is 7.86. The Bertz CT molecular complexity index is 587. The van der Waals surface area contributed by atoms with E-state index < -0.39 is 0 Å². The molecule has 0 spiro atoms. The van der Waals surface area contributed by atoms with Crippen LogP contribution in [0.25, 0.3) is 0 Å². The van der Waals surface area contributed by atoms with Gasteiger partial charge in [0.1, 0.15) is 0 Å². The van der Waals surface area contributed by atoms with E-state index in [1.54, 1.807) is 0 Å². The molecule has 1 saturated carbocycles. The van der Waals surface area contributed by atoms with Crippen LogP contribution < -0.4 is 10.6 Å². The fourth-order valence-corrected chi connectivity index (χ4v) is 4.42. The number of aromatic nitrogens is 2. The third kappa shape index (κ3) is 5.69. The lowest BCUT2D eigenvalue weighted by molar-refractivity contribution is -0.0352. The molecule has 1 aromatic heterocycles. The van der Waals surface area contributed by atoms with Crippen molar-refractivity contribution in [2.24, 2.45) is 12.0 Å². The van der Waals surface area contributed by atoms with E-state index in [1.807, 2.05) is 25.0 Å². The number of hydrogen-bond acceptors (Lipinski definition) is 4. The van der Waals surface area contributed by atoms with Gasteiger partial charge in [-0.15, -0.1) is 0 Å². The van der Waals surface area contributed by atoms with Crippen molar-refractivity contribution in [1.29, 1.82) is 0 Å². The minimum absolute atomic E-state index is 0.259. The standard InChI is InChI=1S/C20H36N6O/c1-21-19(22-10-6-7-18-15-24-25(2)16-18)23-17-20(8-4-3-5-9-20)26-11-13-27-14-12-26/h15-16H,3-14,17H2,1-2H3,(H2,21,22,23). The van der Waals surface area contributed by atoms with Gasteiger partial charge < -0.3 is 15.4 Å². The van der Waals surface area contributed by atoms with Crippen LogP contribution in [0.3, 0.4) is 0 Å². The highest BCUT2D eigenvalue weighted by Gasteiger charge is 2.38. The lowest BCUT2D eigenvalue weighted by atomic mass is 9.80. The maximum Gasteiger partial charge on any atom is 0.191 e. The van der Waals surface area contributed by atoms with E-state index in [2.05, 4.69) is 31.8 Å². The first-order chi connectivity index (χ1) is 13.2. The topological polar surface area (TPSA) is 66.7 Å². The third-order valence-corrected chi connectivity index (χ3v) is 5.97. The SMILES string of the molecule is CN=C(NCCCc1cnn(C)c1)NCC1(N2CCOCC2)CCCCC1. The zero-order valence-corrected chi connectivity index (χ0v) is 17.0. The smallest absolute Gasteiger partial charge is 0.191 e. The van der Waals surface area contributed by atoms with Gasteiger partial charge in [0, 0.05) is 52.0 Å². The molecule has 0 unspecified atom stereocenters. The summed E-state index contributed by atoms with van der Waals surface area (Å²) in [6, 6.07) is 0. The number of nitrogens with one attached hydrogen (secondary N) is 2. The van der Waals surface area contributed by atoms with Crippen LogP contribution in [0.5, 0.6) is 0 Å². The van der Waals surface area contributed by atoms with E-state index in [0.29, 0.717) is 0 Å². The highest BCUT2D eigenvalue weighted by atomic mass is 16.5. The number of aliphatic imine (C=N–C) groups is 1. The summed E-state index contributed by atoms with van der Waals surface area (Å²) in [4.78, 5) is 7.10. The molecule has 1 aliphatic heterocycles. The number of rotatable bonds is 7. The highest BCUT2D eigenvalue weighted by Crippen LogP contribution is 2.33. The van der Waals surface area contributed by atoms with E-state index in [-0.39, 0.29) is 5.54 Å². The van der Waals surface area contributed by atoms with Gasteiger partial charge in [-0.05, 0) is 31.2 Å². The Morgan fingerprint density at radius 2 is 2.00 bits per heavy atom. The molecule has 0 bridgehead atoms. The van der Waals surface area contributed by atoms with Gasteiger partial charge in [0.2, 0.25) is 0 Å². The fourth-order valence-electron chi connectivity index (χ4n) is 4.42. The monoisotopic (exact) mass is 376 g/mol. The Morgan fingerprint density at radius 3 is 2.67 bits per heavy atom. The lowest BCUT2D eigenvalue weighted by Gasteiger charge is -2.48. The van der Waals surface area contributed by atoms with E-state index in [1.165, 1.54) is 37.7 Å². The summed E-state index contributed by atoms with van der Waals surface area (Å²) in [6.07, 6.45) is 12.7. The first-order valence-corrected chi connectivity index (χ1v) is 10.5. The van der Waals surface area contributed by atoms with Gasteiger partial charge in [-0.1, -0.05) is 19.3 Å². The Kier molecular flexibility index (Phi) is 7.52. The van der Waals surface area contributed by atoms with E-state index in [0.717, 1.165) is 58.2 Å². The number of morpholine rings is 1.